The van der Waals surface area contributed by atoms with Crippen molar-refractivity contribution in [2.24, 2.45) is 7.05 Å². The van der Waals surface area contributed by atoms with Gasteiger partial charge in [-0.05, 0) is 18.9 Å². The fourth-order valence-electron chi connectivity index (χ4n) is 3.38. The molecule has 1 atom stereocenters. The lowest BCUT2D eigenvalue weighted by Gasteiger charge is -2.16. The van der Waals surface area contributed by atoms with Crippen molar-refractivity contribution < 1.29 is 0 Å². The van der Waals surface area contributed by atoms with Gasteiger partial charge in [-0.2, -0.15) is 10.2 Å². The highest BCUT2D eigenvalue weighted by Gasteiger charge is 2.24. The Morgan fingerprint density at radius 3 is 2.84 bits per heavy atom. The molecule has 3 aromatic rings. The molecular weight excluding hydrogens is 312 g/mol. The number of benzene rings is 1. The molecule has 130 valence electrons. The zero-order valence-electron chi connectivity index (χ0n) is 14.7. The second-order valence-electron chi connectivity index (χ2n) is 6.80. The molecule has 0 aliphatic carbocycles. The minimum atomic E-state index is 0.475. The topological polar surface area (TPSA) is 61.8 Å². The van der Waals surface area contributed by atoms with Crippen molar-refractivity contribution in [3.05, 3.63) is 53.9 Å². The smallest absolute Gasteiger partial charge is 0.150 e. The van der Waals surface area contributed by atoms with Crippen LogP contribution in [0, 0.1) is 6.92 Å². The molecule has 0 amide bonds. The molecule has 0 radical (unpaired) electrons. The van der Waals surface area contributed by atoms with Crippen LogP contribution in [0.1, 0.15) is 17.5 Å². The quantitative estimate of drug-likeness (QED) is 0.751. The molecule has 0 saturated carbocycles. The van der Waals surface area contributed by atoms with E-state index < -0.39 is 0 Å². The number of nitrogens with one attached hydrogen (secondary N) is 2. The van der Waals surface area contributed by atoms with Gasteiger partial charge in [0.2, 0.25) is 0 Å². The molecule has 0 spiro atoms. The second kappa shape index (κ2) is 6.72. The van der Waals surface area contributed by atoms with Crippen molar-refractivity contribution in [2.75, 3.05) is 18.0 Å². The number of rotatable bonds is 5. The van der Waals surface area contributed by atoms with E-state index in [2.05, 4.69) is 62.8 Å². The summed E-state index contributed by atoms with van der Waals surface area (Å²) in [5.74, 6) is 1.07. The van der Waals surface area contributed by atoms with Gasteiger partial charge in [0.1, 0.15) is 0 Å². The molecule has 1 saturated heterocycles. The molecule has 4 rings (SSSR count). The highest BCUT2D eigenvalue weighted by atomic mass is 15.3. The number of aryl methyl sites for hydroxylation is 2. The molecule has 1 fully saturated rings. The summed E-state index contributed by atoms with van der Waals surface area (Å²) in [6.07, 6.45) is 5.05. The van der Waals surface area contributed by atoms with Crippen molar-refractivity contribution >= 4 is 5.82 Å². The molecule has 1 unspecified atom stereocenters. The number of aromatic nitrogens is 4. The molecule has 6 heteroatoms. The monoisotopic (exact) mass is 336 g/mol. The third kappa shape index (κ3) is 3.44. The number of hydrogen-bond donors (Lipinski definition) is 2. The molecular formula is C19H24N6. The summed E-state index contributed by atoms with van der Waals surface area (Å²) in [5, 5.41) is 15.6. The van der Waals surface area contributed by atoms with Gasteiger partial charge in [-0.15, -0.1) is 0 Å². The van der Waals surface area contributed by atoms with E-state index in [1.807, 2.05) is 24.1 Å². The van der Waals surface area contributed by atoms with Crippen LogP contribution in [-0.4, -0.2) is 39.1 Å². The minimum Gasteiger partial charge on any atom is -0.354 e. The Hall–Kier alpha value is -2.60. The zero-order valence-corrected chi connectivity index (χ0v) is 14.7. The number of H-pyrrole nitrogens is 1. The number of aromatic amines is 1. The SMILES string of the molecule is Cc1ccc(-c2[nH]ncc2CNC2CCN(c3ccn(C)n3)C2)cc1. The maximum Gasteiger partial charge on any atom is 0.150 e. The number of anilines is 1. The van der Waals surface area contributed by atoms with Gasteiger partial charge < -0.3 is 10.2 Å². The first-order valence-corrected chi connectivity index (χ1v) is 8.76. The van der Waals surface area contributed by atoms with Crippen molar-refractivity contribution in [2.45, 2.75) is 25.9 Å². The summed E-state index contributed by atoms with van der Waals surface area (Å²) in [6.45, 7) is 4.96. The maximum atomic E-state index is 4.50. The highest BCUT2D eigenvalue weighted by Crippen LogP contribution is 2.22. The van der Waals surface area contributed by atoms with E-state index in [-0.39, 0.29) is 0 Å². The third-order valence-corrected chi connectivity index (χ3v) is 4.85. The molecule has 1 aliphatic heterocycles. The molecule has 2 aromatic heterocycles. The van der Waals surface area contributed by atoms with Crippen molar-refractivity contribution in [3.63, 3.8) is 0 Å². The standard InChI is InChI=1S/C19H24N6/c1-14-3-5-15(6-4-14)19-16(12-21-22-19)11-20-17-7-10-25(13-17)18-8-9-24(2)23-18/h3-6,8-9,12,17,20H,7,10-11,13H2,1-2H3,(H,21,22). The van der Waals surface area contributed by atoms with E-state index in [0.717, 1.165) is 37.6 Å². The second-order valence-corrected chi connectivity index (χ2v) is 6.80. The lowest BCUT2D eigenvalue weighted by molar-refractivity contribution is 0.551. The zero-order chi connectivity index (χ0) is 17.2. The van der Waals surface area contributed by atoms with E-state index in [1.54, 1.807) is 0 Å². The van der Waals surface area contributed by atoms with Crippen molar-refractivity contribution in [1.82, 2.24) is 25.3 Å². The fourth-order valence-corrected chi connectivity index (χ4v) is 3.38. The van der Waals surface area contributed by atoms with Crippen LogP contribution < -0.4 is 10.2 Å². The van der Waals surface area contributed by atoms with Gasteiger partial charge in [0.25, 0.3) is 0 Å². The Labute approximate surface area is 147 Å². The summed E-state index contributed by atoms with van der Waals surface area (Å²) in [6, 6.07) is 11.1. The first-order valence-electron chi connectivity index (χ1n) is 8.76. The van der Waals surface area contributed by atoms with Gasteiger partial charge in [-0.1, -0.05) is 29.8 Å². The van der Waals surface area contributed by atoms with Crippen molar-refractivity contribution in [3.8, 4) is 11.3 Å². The van der Waals surface area contributed by atoms with E-state index in [0.29, 0.717) is 6.04 Å². The van der Waals surface area contributed by atoms with Gasteiger partial charge >= 0.3 is 0 Å². The lowest BCUT2D eigenvalue weighted by atomic mass is 10.1. The Morgan fingerprint density at radius 2 is 2.08 bits per heavy atom. The van der Waals surface area contributed by atoms with Crippen LogP contribution in [0.2, 0.25) is 0 Å². The van der Waals surface area contributed by atoms with Crippen LogP contribution in [0.4, 0.5) is 5.82 Å². The van der Waals surface area contributed by atoms with Crippen LogP contribution in [0.15, 0.2) is 42.7 Å². The third-order valence-electron chi connectivity index (χ3n) is 4.85. The Morgan fingerprint density at radius 1 is 1.24 bits per heavy atom. The number of nitrogens with zero attached hydrogens (tertiary/aromatic N) is 4. The summed E-state index contributed by atoms with van der Waals surface area (Å²) < 4.78 is 1.86. The molecule has 2 N–H and O–H groups in total. The predicted octanol–water partition coefficient (Wildman–Crippen LogP) is 2.49. The molecule has 6 nitrogen and oxygen atoms in total. The summed E-state index contributed by atoms with van der Waals surface area (Å²) in [7, 11) is 1.96. The minimum absolute atomic E-state index is 0.475. The first-order chi connectivity index (χ1) is 12.2. The van der Waals surface area contributed by atoms with Crippen LogP contribution in [-0.2, 0) is 13.6 Å². The van der Waals surface area contributed by atoms with E-state index >= 15 is 0 Å². The predicted molar refractivity (Wildman–Crippen MR) is 99.4 cm³/mol. The van der Waals surface area contributed by atoms with Gasteiger partial charge in [0.05, 0.1) is 11.9 Å². The molecule has 25 heavy (non-hydrogen) atoms. The number of hydrogen-bond acceptors (Lipinski definition) is 4. The molecule has 0 bridgehead atoms. The average molecular weight is 336 g/mol. The van der Waals surface area contributed by atoms with Gasteiger partial charge in [-0.3, -0.25) is 9.78 Å². The van der Waals surface area contributed by atoms with Crippen LogP contribution >= 0.6 is 0 Å². The molecule has 1 aliphatic rings. The summed E-state index contributed by atoms with van der Waals surface area (Å²) >= 11 is 0. The summed E-state index contributed by atoms with van der Waals surface area (Å²) in [4.78, 5) is 2.34. The van der Waals surface area contributed by atoms with Crippen molar-refractivity contribution in [1.29, 1.82) is 0 Å². The van der Waals surface area contributed by atoms with Crippen LogP contribution in [0.5, 0.6) is 0 Å². The van der Waals surface area contributed by atoms with E-state index in [4.69, 9.17) is 0 Å². The van der Waals surface area contributed by atoms with E-state index in [1.165, 1.54) is 16.7 Å². The molecule has 3 heterocycles. The maximum absolute atomic E-state index is 4.50. The van der Waals surface area contributed by atoms with Gasteiger partial charge in [0, 0.05) is 50.6 Å². The largest absolute Gasteiger partial charge is 0.354 e. The van der Waals surface area contributed by atoms with Crippen LogP contribution in [0.25, 0.3) is 11.3 Å². The Balaban J connectivity index is 1.38. The van der Waals surface area contributed by atoms with Gasteiger partial charge in [0.15, 0.2) is 5.82 Å². The lowest BCUT2D eigenvalue weighted by Crippen LogP contribution is -2.32. The Kier molecular flexibility index (Phi) is 4.28. The molecule has 1 aromatic carbocycles. The van der Waals surface area contributed by atoms with Gasteiger partial charge in [-0.25, -0.2) is 0 Å². The average Bonchev–Trinajstić information content (AvgIpc) is 3.33. The van der Waals surface area contributed by atoms with Crippen LogP contribution in [0.3, 0.4) is 0 Å². The highest BCUT2D eigenvalue weighted by molar-refractivity contribution is 5.62. The fraction of sp³-hybridized carbons (Fsp3) is 0.368. The Bertz CT molecular complexity index is 832. The van der Waals surface area contributed by atoms with E-state index in [9.17, 15) is 0 Å². The normalized spacial score (nSPS) is 17.4. The summed E-state index contributed by atoms with van der Waals surface area (Å²) in [5.41, 5.74) is 4.76. The first kappa shape index (κ1) is 15.9.